The molecule has 0 unspecified atom stereocenters. The summed E-state index contributed by atoms with van der Waals surface area (Å²) < 4.78 is 17.3. The maximum atomic E-state index is 13.1. The number of aromatic nitrogens is 2. The van der Waals surface area contributed by atoms with Crippen molar-refractivity contribution in [2.24, 2.45) is 0 Å². The van der Waals surface area contributed by atoms with E-state index < -0.39 is 0 Å². The van der Waals surface area contributed by atoms with Crippen molar-refractivity contribution >= 4 is 17.6 Å². The summed E-state index contributed by atoms with van der Waals surface area (Å²) in [5, 5.41) is 5.19. The lowest BCUT2D eigenvalue weighted by Crippen LogP contribution is -2.26. The Morgan fingerprint density at radius 2 is 2.04 bits per heavy atom. The van der Waals surface area contributed by atoms with E-state index in [1.165, 1.54) is 34.1 Å². The predicted octanol–water partition coefficient (Wildman–Crippen LogP) is 3.85. The number of nitrogens with zero attached hydrogens (tertiary/aromatic N) is 3. The van der Waals surface area contributed by atoms with Gasteiger partial charge >= 0.3 is 0 Å². The highest BCUT2D eigenvalue weighted by Crippen LogP contribution is 2.22. The molecule has 138 valence electrons. The maximum absolute atomic E-state index is 13.1. The quantitative estimate of drug-likeness (QED) is 0.629. The van der Waals surface area contributed by atoms with Gasteiger partial charge in [0.15, 0.2) is 0 Å². The first kappa shape index (κ1) is 17.8. The molecule has 1 aliphatic heterocycles. The second kappa shape index (κ2) is 8.39. The molecule has 0 bridgehead atoms. The number of halogens is 1. The van der Waals surface area contributed by atoms with Gasteiger partial charge < -0.3 is 5.32 Å². The molecule has 0 amide bonds. The molecule has 0 saturated heterocycles. The van der Waals surface area contributed by atoms with E-state index in [9.17, 15) is 4.39 Å². The molecule has 0 fully saturated rings. The zero-order valence-corrected chi connectivity index (χ0v) is 15.5. The van der Waals surface area contributed by atoms with Gasteiger partial charge in [-0.2, -0.15) is 0 Å². The maximum Gasteiger partial charge on any atom is 0.123 e. The molecule has 1 aromatic carbocycles. The van der Waals surface area contributed by atoms with E-state index in [4.69, 9.17) is 4.84 Å². The van der Waals surface area contributed by atoms with E-state index in [0.717, 1.165) is 29.8 Å². The Hall–Kier alpha value is -2.61. The van der Waals surface area contributed by atoms with Crippen LogP contribution in [0.25, 0.3) is 17.2 Å². The van der Waals surface area contributed by atoms with Crippen LogP contribution < -0.4 is 5.32 Å². The number of hydroxylamine groups is 2. The zero-order chi connectivity index (χ0) is 18.5. The van der Waals surface area contributed by atoms with Crippen LogP contribution in [0, 0.1) is 5.82 Å². The van der Waals surface area contributed by atoms with Crippen LogP contribution in [0.1, 0.15) is 16.0 Å². The average molecular weight is 382 g/mol. The van der Waals surface area contributed by atoms with E-state index in [0.29, 0.717) is 13.2 Å². The first-order valence-electron chi connectivity index (χ1n) is 8.70. The van der Waals surface area contributed by atoms with Gasteiger partial charge in [-0.25, -0.2) is 8.76 Å². The Morgan fingerprint density at radius 1 is 1.15 bits per heavy atom. The molecule has 27 heavy (non-hydrogen) atoms. The molecule has 0 spiro atoms. The molecule has 5 nitrogen and oxygen atoms in total. The third kappa shape index (κ3) is 4.57. The average Bonchev–Trinajstić information content (AvgIpc) is 3.16. The molecule has 0 atom stereocenters. The van der Waals surface area contributed by atoms with Gasteiger partial charge in [0.1, 0.15) is 5.82 Å². The third-order valence-corrected chi connectivity index (χ3v) is 5.04. The van der Waals surface area contributed by atoms with E-state index in [-0.39, 0.29) is 5.82 Å². The summed E-state index contributed by atoms with van der Waals surface area (Å²) in [6.07, 6.45) is 9.47. The highest BCUT2D eigenvalue weighted by Gasteiger charge is 2.12. The molecule has 1 aliphatic rings. The summed E-state index contributed by atoms with van der Waals surface area (Å²) in [5.41, 5.74) is 4.19. The number of fused-ring (bicyclic) bond motifs is 1. The summed E-state index contributed by atoms with van der Waals surface area (Å²) in [6, 6.07) is 8.51. The van der Waals surface area contributed by atoms with Crippen molar-refractivity contribution in [1.29, 1.82) is 0 Å². The van der Waals surface area contributed by atoms with Crippen LogP contribution in [0.4, 0.5) is 4.39 Å². The van der Waals surface area contributed by atoms with Crippen molar-refractivity contribution in [2.75, 3.05) is 13.2 Å². The highest BCUT2D eigenvalue weighted by molar-refractivity contribution is 7.06. The van der Waals surface area contributed by atoms with Crippen molar-refractivity contribution in [1.82, 2.24) is 19.7 Å². The molecule has 3 heterocycles. The number of rotatable bonds is 7. The van der Waals surface area contributed by atoms with Crippen LogP contribution >= 0.6 is 11.5 Å². The Kier molecular flexibility index (Phi) is 5.53. The molecule has 3 aromatic rings. The molecule has 1 N–H and O–H groups in total. The summed E-state index contributed by atoms with van der Waals surface area (Å²) >= 11 is 1.50. The van der Waals surface area contributed by atoms with Gasteiger partial charge in [0, 0.05) is 49.0 Å². The lowest BCUT2D eigenvalue weighted by Gasteiger charge is -2.22. The smallest absolute Gasteiger partial charge is 0.123 e. The van der Waals surface area contributed by atoms with Crippen molar-refractivity contribution < 1.29 is 9.23 Å². The summed E-state index contributed by atoms with van der Waals surface area (Å²) in [6.45, 7) is 2.72. The van der Waals surface area contributed by atoms with Crippen LogP contribution in [0.2, 0.25) is 0 Å². The van der Waals surface area contributed by atoms with Crippen molar-refractivity contribution in [3.05, 3.63) is 76.9 Å². The fourth-order valence-electron chi connectivity index (χ4n) is 2.84. The molecular weight excluding hydrogens is 363 g/mol. The highest BCUT2D eigenvalue weighted by atomic mass is 32.1. The van der Waals surface area contributed by atoms with Crippen molar-refractivity contribution in [2.45, 2.75) is 13.1 Å². The Balaban J connectivity index is 1.23. The van der Waals surface area contributed by atoms with E-state index in [1.54, 1.807) is 18.3 Å². The number of hydrogen-bond acceptors (Lipinski definition) is 6. The molecule has 4 rings (SSSR count). The molecular formula is C20H19FN4OS. The lowest BCUT2D eigenvalue weighted by molar-refractivity contribution is -0.126. The summed E-state index contributed by atoms with van der Waals surface area (Å²) in [5.74, 6) is -0.237. The van der Waals surface area contributed by atoms with Gasteiger partial charge in [0.25, 0.3) is 0 Å². The fourth-order valence-corrected chi connectivity index (χ4v) is 3.49. The van der Waals surface area contributed by atoms with E-state index >= 15 is 0 Å². The van der Waals surface area contributed by atoms with Gasteiger partial charge in [0.2, 0.25) is 0 Å². The largest absolute Gasteiger partial charge is 0.310 e. The molecule has 2 aromatic heterocycles. The minimum absolute atomic E-state index is 0.237. The minimum atomic E-state index is -0.237. The number of pyridine rings is 1. The fraction of sp³-hybridized carbons (Fsp3) is 0.200. The molecule has 0 radical (unpaired) electrons. The Morgan fingerprint density at radius 3 is 2.93 bits per heavy atom. The second-order valence-corrected chi connectivity index (χ2v) is 7.04. The molecule has 7 heteroatoms. The first-order chi connectivity index (χ1) is 13.3. The molecule has 0 aliphatic carbocycles. The summed E-state index contributed by atoms with van der Waals surface area (Å²) in [7, 11) is 0. The van der Waals surface area contributed by atoms with Crippen LogP contribution in [0.15, 0.2) is 55.1 Å². The van der Waals surface area contributed by atoms with Crippen molar-refractivity contribution in [3.63, 3.8) is 0 Å². The van der Waals surface area contributed by atoms with Gasteiger partial charge in [-0.3, -0.25) is 14.9 Å². The number of hydrogen-bond donors (Lipinski definition) is 1. The van der Waals surface area contributed by atoms with Gasteiger partial charge in [0.05, 0.1) is 18.0 Å². The normalized spacial score (nSPS) is 13.0. The monoisotopic (exact) mass is 382 g/mol. The number of benzene rings is 1. The Bertz CT molecular complexity index is 926. The Labute approximate surface area is 161 Å². The van der Waals surface area contributed by atoms with Crippen LogP contribution in [0.3, 0.4) is 0 Å². The zero-order valence-electron chi connectivity index (χ0n) is 14.6. The van der Waals surface area contributed by atoms with Gasteiger partial charge in [-0.15, -0.1) is 0 Å². The number of nitrogens with one attached hydrogen (secondary N) is 1. The van der Waals surface area contributed by atoms with Gasteiger partial charge in [-0.1, -0.05) is 12.1 Å². The van der Waals surface area contributed by atoms with Crippen molar-refractivity contribution in [3.8, 4) is 11.1 Å². The molecule has 0 saturated carbocycles. The van der Waals surface area contributed by atoms with E-state index in [2.05, 4.69) is 20.7 Å². The lowest BCUT2D eigenvalue weighted by atomic mass is 10.1. The van der Waals surface area contributed by atoms with E-state index in [1.807, 2.05) is 29.7 Å². The minimum Gasteiger partial charge on any atom is -0.310 e. The van der Waals surface area contributed by atoms with Crippen LogP contribution in [-0.4, -0.2) is 27.6 Å². The topological polar surface area (TPSA) is 50.3 Å². The van der Waals surface area contributed by atoms with Crippen LogP contribution in [0.5, 0.6) is 0 Å². The third-order valence-electron chi connectivity index (χ3n) is 4.23. The predicted molar refractivity (Wildman–Crippen MR) is 104 cm³/mol. The standard InChI is InChI=1S/C20H19FN4OS/c21-19-3-1-16(2-4-19)17-9-15(11-23-12-17)10-22-6-8-26-25-7-5-20-18(14-25)13-24-27-20/h1-5,7,9,11-13,22H,6,8,10,14H2. The van der Waals surface area contributed by atoms with Gasteiger partial charge in [-0.05, 0) is 46.9 Å². The van der Waals surface area contributed by atoms with Crippen LogP contribution in [-0.2, 0) is 17.9 Å². The SMILES string of the molecule is Fc1ccc(-c2cncc(CNCCON3C=Cc4sncc4C3)c2)cc1. The second-order valence-electron chi connectivity index (χ2n) is 6.20. The first-order valence-corrected chi connectivity index (χ1v) is 9.47. The summed E-state index contributed by atoms with van der Waals surface area (Å²) in [4.78, 5) is 11.2.